The molecule has 110 valence electrons. The van der Waals surface area contributed by atoms with Gasteiger partial charge in [-0.2, -0.15) is 0 Å². The van der Waals surface area contributed by atoms with E-state index in [4.69, 9.17) is 11.6 Å². The van der Waals surface area contributed by atoms with Gasteiger partial charge in [0.2, 0.25) is 5.91 Å². The monoisotopic (exact) mass is 323 g/mol. The van der Waals surface area contributed by atoms with Crippen molar-refractivity contribution in [1.29, 1.82) is 0 Å². The minimum Gasteiger partial charge on any atom is -0.325 e. The molecular weight excluding hydrogens is 310 g/mol. The maximum absolute atomic E-state index is 12.1. The Morgan fingerprint density at radius 3 is 2.67 bits per heavy atom. The van der Waals surface area contributed by atoms with Gasteiger partial charge in [0.15, 0.2) is 5.16 Å². The second-order valence-corrected chi connectivity index (χ2v) is 6.21. The quantitative estimate of drug-likeness (QED) is 0.670. The van der Waals surface area contributed by atoms with Crippen LogP contribution in [-0.2, 0) is 4.79 Å². The van der Waals surface area contributed by atoms with Crippen LogP contribution >= 0.6 is 23.4 Å². The molecule has 0 saturated carbocycles. The third-order valence-electron chi connectivity index (χ3n) is 2.62. The Kier molecular flexibility index (Phi) is 5.03. The van der Waals surface area contributed by atoms with Gasteiger partial charge in [0.1, 0.15) is 0 Å². The second kappa shape index (κ2) is 6.78. The minimum atomic E-state index is -0.398. The number of rotatable bonds is 4. The highest BCUT2D eigenvalue weighted by Crippen LogP contribution is 2.20. The molecule has 1 aromatic heterocycles. The molecule has 2 aromatic rings. The molecule has 0 aliphatic carbocycles. The van der Waals surface area contributed by atoms with E-state index in [1.54, 1.807) is 38.1 Å². The van der Waals surface area contributed by atoms with Gasteiger partial charge in [0, 0.05) is 22.5 Å². The Morgan fingerprint density at radius 2 is 2.05 bits per heavy atom. The molecule has 0 saturated heterocycles. The van der Waals surface area contributed by atoms with Crippen LogP contribution in [0, 0.1) is 6.92 Å². The smallest absolute Gasteiger partial charge is 0.251 e. The number of nitrogens with one attached hydrogen (secondary N) is 2. The average Bonchev–Trinajstić information content (AvgIpc) is 2.40. The van der Waals surface area contributed by atoms with Crippen molar-refractivity contribution in [2.75, 3.05) is 5.32 Å². The van der Waals surface area contributed by atoms with Gasteiger partial charge in [0.05, 0.1) is 5.25 Å². The van der Waals surface area contributed by atoms with Gasteiger partial charge in [-0.1, -0.05) is 23.4 Å². The number of hydrogen-bond acceptors (Lipinski definition) is 4. The Morgan fingerprint density at radius 1 is 1.38 bits per heavy atom. The summed E-state index contributed by atoms with van der Waals surface area (Å²) in [5, 5.41) is 3.42. The third kappa shape index (κ3) is 4.61. The van der Waals surface area contributed by atoms with Gasteiger partial charge < -0.3 is 10.3 Å². The predicted octanol–water partition coefficient (Wildman–Crippen LogP) is 2.85. The van der Waals surface area contributed by atoms with E-state index in [0.717, 1.165) is 0 Å². The largest absolute Gasteiger partial charge is 0.325 e. The maximum atomic E-state index is 12.1. The zero-order valence-electron chi connectivity index (χ0n) is 11.5. The van der Waals surface area contributed by atoms with Crippen molar-refractivity contribution in [1.82, 2.24) is 9.97 Å². The second-order valence-electron chi connectivity index (χ2n) is 4.45. The fourth-order valence-electron chi connectivity index (χ4n) is 1.61. The van der Waals surface area contributed by atoms with E-state index in [1.165, 1.54) is 17.8 Å². The summed E-state index contributed by atoms with van der Waals surface area (Å²) in [5.41, 5.74) is 1.06. The number of aryl methyl sites for hydroxylation is 1. The first kappa shape index (κ1) is 15.6. The zero-order valence-corrected chi connectivity index (χ0v) is 13.1. The summed E-state index contributed by atoms with van der Waals surface area (Å²) in [4.78, 5) is 30.2. The standard InChI is InChI=1S/C14H14ClN3O2S/c1-8-7-12(19)18-14(16-8)21-9(2)13(20)17-11-5-3-10(15)4-6-11/h3-7,9H,1-2H3,(H,17,20)(H,16,18,19). The molecule has 7 heteroatoms. The first-order valence-corrected chi connectivity index (χ1v) is 7.51. The molecule has 0 spiro atoms. The van der Waals surface area contributed by atoms with Gasteiger partial charge in [-0.25, -0.2) is 4.98 Å². The predicted molar refractivity (Wildman–Crippen MR) is 85.0 cm³/mol. The number of H-pyrrole nitrogens is 1. The van der Waals surface area contributed by atoms with Crippen LogP contribution in [0.4, 0.5) is 5.69 Å². The summed E-state index contributed by atoms with van der Waals surface area (Å²) in [6, 6.07) is 8.26. The molecule has 1 unspecified atom stereocenters. The minimum absolute atomic E-state index is 0.175. The summed E-state index contributed by atoms with van der Waals surface area (Å²) in [7, 11) is 0. The van der Waals surface area contributed by atoms with E-state index in [1.807, 2.05) is 0 Å². The highest BCUT2D eigenvalue weighted by molar-refractivity contribution is 8.00. The zero-order chi connectivity index (χ0) is 15.4. The molecule has 0 aliphatic heterocycles. The summed E-state index contributed by atoms with van der Waals surface area (Å²) in [6.07, 6.45) is 0. The molecule has 0 fully saturated rings. The number of nitrogens with zero attached hydrogens (tertiary/aromatic N) is 1. The fraction of sp³-hybridized carbons (Fsp3) is 0.214. The van der Waals surface area contributed by atoms with Crippen LogP contribution in [0.15, 0.2) is 40.3 Å². The van der Waals surface area contributed by atoms with Gasteiger partial charge in [0.25, 0.3) is 5.56 Å². The molecule has 1 aromatic carbocycles. The van der Waals surface area contributed by atoms with Gasteiger partial charge in [-0.3, -0.25) is 9.59 Å². The van der Waals surface area contributed by atoms with Crippen LogP contribution in [0.1, 0.15) is 12.6 Å². The lowest BCUT2D eigenvalue weighted by Crippen LogP contribution is -2.23. The van der Waals surface area contributed by atoms with Crippen LogP contribution in [0.25, 0.3) is 0 Å². The Labute approximate surface area is 131 Å². The van der Waals surface area contributed by atoms with E-state index >= 15 is 0 Å². The van der Waals surface area contributed by atoms with E-state index in [9.17, 15) is 9.59 Å². The molecule has 5 nitrogen and oxygen atoms in total. The molecule has 0 bridgehead atoms. The Hall–Kier alpha value is -1.79. The van der Waals surface area contributed by atoms with Gasteiger partial charge in [-0.15, -0.1) is 0 Å². The van der Waals surface area contributed by atoms with Crippen molar-refractivity contribution in [3.63, 3.8) is 0 Å². The topological polar surface area (TPSA) is 74.8 Å². The number of amides is 1. The number of anilines is 1. The number of thioether (sulfide) groups is 1. The van der Waals surface area contributed by atoms with E-state index < -0.39 is 5.25 Å². The molecule has 2 rings (SSSR count). The lowest BCUT2D eigenvalue weighted by molar-refractivity contribution is -0.115. The fourth-order valence-corrected chi connectivity index (χ4v) is 2.59. The number of hydrogen-bond donors (Lipinski definition) is 2. The van der Waals surface area contributed by atoms with Gasteiger partial charge >= 0.3 is 0 Å². The molecule has 0 aliphatic rings. The highest BCUT2D eigenvalue weighted by Gasteiger charge is 2.16. The first-order chi connectivity index (χ1) is 9.94. The number of aromatic amines is 1. The Bertz CT molecular complexity index is 700. The summed E-state index contributed by atoms with van der Waals surface area (Å²) in [5.74, 6) is -0.175. The summed E-state index contributed by atoms with van der Waals surface area (Å²) in [6.45, 7) is 3.48. The number of aromatic nitrogens is 2. The molecule has 1 amide bonds. The molecular formula is C14H14ClN3O2S. The number of carbonyl (C=O) groups is 1. The van der Waals surface area contributed by atoms with Crippen molar-refractivity contribution in [2.24, 2.45) is 0 Å². The molecule has 2 N–H and O–H groups in total. The number of halogens is 1. The lowest BCUT2D eigenvalue weighted by Gasteiger charge is -2.11. The molecule has 0 radical (unpaired) electrons. The van der Waals surface area contributed by atoms with Gasteiger partial charge in [-0.05, 0) is 38.1 Å². The van der Waals surface area contributed by atoms with Crippen LogP contribution in [0.3, 0.4) is 0 Å². The van der Waals surface area contributed by atoms with Crippen molar-refractivity contribution < 1.29 is 4.79 Å². The van der Waals surface area contributed by atoms with Crippen molar-refractivity contribution >= 4 is 35.0 Å². The number of benzene rings is 1. The van der Waals surface area contributed by atoms with E-state index in [-0.39, 0.29) is 11.5 Å². The first-order valence-electron chi connectivity index (χ1n) is 6.25. The maximum Gasteiger partial charge on any atom is 0.251 e. The van der Waals surface area contributed by atoms with E-state index in [2.05, 4.69) is 15.3 Å². The SMILES string of the molecule is Cc1cc(=O)[nH]c(SC(C)C(=O)Nc2ccc(Cl)cc2)n1. The third-order valence-corrected chi connectivity index (χ3v) is 3.85. The van der Waals surface area contributed by atoms with Crippen LogP contribution < -0.4 is 10.9 Å². The van der Waals surface area contributed by atoms with Crippen molar-refractivity contribution in [2.45, 2.75) is 24.3 Å². The normalized spacial score (nSPS) is 12.0. The van der Waals surface area contributed by atoms with Crippen LogP contribution in [0.5, 0.6) is 0 Å². The average molecular weight is 324 g/mol. The van der Waals surface area contributed by atoms with Crippen molar-refractivity contribution in [3.8, 4) is 0 Å². The van der Waals surface area contributed by atoms with Crippen LogP contribution in [0.2, 0.25) is 5.02 Å². The molecule has 1 heterocycles. The number of carbonyl (C=O) groups excluding carboxylic acids is 1. The lowest BCUT2D eigenvalue weighted by atomic mass is 10.3. The van der Waals surface area contributed by atoms with Crippen molar-refractivity contribution in [3.05, 3.63) is 51.4 Å². The Balaban J connectivity index is 2.02. The molecule has 1 atom stereocenters. The summed E-state index contributed by atoms with van der Waals surface area (Å²) >= 11 is 6.99. The van der Waals surface area contributed by atoms with E-state index in [0.29, 0.717) is 21.6 Å². The highest BCUT2D eigenvalue weighted by atomic mass is 35.5. The van der Waals surface area contributed by atoms with Crippen LogP contribution in [-0.4, -0.2) is 21.1 Å². The molecule has 21 heavy (non-hydrogen) atoms. The summed E-state index contributed by atoms with van der Waals surface area (Å²) < 4.78 is 0.